The maximum Gasteiger partial charge on any atom is 0.0600 e. The monoisotopic (exact) mass is 203 g/mol. The van der Waals surface area contributed by atoms with Crippen molar-refractivity contribution >= 4 is 22.7 Å². The largest absolute Gasteiger partial charge is 0.772 e. The molecular formula is C8H8ClO2S-. The van der Waals surface area contributed by atoms with Gasteiger partial charge in [0, 0.05) is 5.88 Å². The molecule has 0 spiro atoms. The topological polar surface area (TPSA) is 40.1 Å². The van der Waals surface area contributed by atoms with E-state index in [1.807, 2.05) is 6.07 Å². The van der Waals surface area contributed by atoms with Crippen LogP contribution >= 0.6 is 11.6 Å². The molecule has 0 aliphatic rings. The van der Waals surface area contributed by atoms with Crippen LogP contribution in [-0.2, 0) is 11.1 Å². The molecule has 0 fully saturated rings. The van der Waals surface area contributed by atoms with Crippen molar-refractivity contribution in [1.29, 1.82) is 0 Å². The summed E-state index contributed by atoms with van der Waals surface area (Å²) in [4.78, 5) is 0. The Morgan fingerprint density at radius 3 is 2.42 bits per heavy atom. The first-order chi connectivity index (χ1) is 5.75. The van der Waals surface area contributed by atoms with Crippen molar-refractivity contribution in [2.24, 2.45) is 0 Å². The molecule has 0 saturated heterocycles. The predicted molar refractivity (Wildman–Crippen MR) is 48.8 cm³/mol. The van der Waals surface area contributed by atoms with E-state index in [4.69, 9.17) is 11.6 Å². The van der Waals surface area contributed by atoms with Crippen molar-refractivity contribution in [3.8, 4) is 0 Å². The molecule has 12 heavy (non-hydrogen) atoms. The summed E-state index contributed by atoms with van der Waals surface area (Å²) in [5.41, 5.74) is 0.737. The second-order valence-electron chi connectivity index (χ2n) is 2.31. The number of alkyl halides is 1. The van der Waals surface area contributed by atoms with E-state index in [9.17, 15) is 8.76 Å². The standard InChI is InChI=1S/C8H9ClO2S/c9-6-8(12(10)11)7-4-2-1-3-5-7/h1-5,8H,6H2,(H,10,11)/p-1. The molecule has 1 aromatic rings. The van der Waals surface area contributed by atoms with Crippen molar-refractivity contribution in [3.63, 3.8) is 0 Å². The van der Waals surface area contributed by atoms with Crippen LogP contribution in [0, 0.1) is 0 Å². The third kappa shape index (κ3) is 2.30. The van der Waals surface area contributed by atoms with Gasteiger partial charge in [0.25, 0.3) is 0 Å². The molecule has 0 heterocycles. The molecule has 2 atom stereocenters. The minimum absolute atomic E-state index is 0.0973. The molecular weight excluding hydrogens is 196 g/mol. The second kappa shape index (κ2) is 4.60. The van der Waals surface area contributed by atoms with Crippen LogP contribution in [0.25, 0.3) is 0 Å². The smallest absolute Gasteiger partial charge is 0.0600 e. The number of hydrogen-bond donors (Lipinski definition) is 0. The second-order valence-corrected chi connectivity index (χ2v) is 3.71. The van der Waals surface area contributed by atoms with E-state index in [2.05, 4.69) is 0 Å². The van der Waals surface area contributed by atoms with Gasteiger partial charge in [-0.1, -0.05) is 30.3 Å². The van der Waals surface area contributed by atoms with Crippen molar-refractivity contribution in [2.75, 3.05) is 5.88 Å². The maximum atomic E-state index is 10.6. The number of benzene rings is 1. The Morgan fingerprint density at radius 1 is 1.42 bits per heavy atom. The van der Waals surface area contributed by atoms with Crippen LogP contribution in [0.1, 0.15) is 10.8 Å². The molecule has 0 aromatic heterocycles. The summed E-state index contributed by atoms with van der Waals surface area (Å²) in [6.45, 7) is 0. The van der Waals surface area contributed by atoms with Crippen LogP contribution in [0.5, 0.6) is 0 Å². The first-order valence-electron chi connectivity index (χ1n) is 3.44. The van der Waals surface area contributed by atoms with Gasteiger partial charge in [0.2, 0.25) is 0 Å². The van der Waals surface area contributed by atoms with E-state index in [0.717, 1.165) is 5.56 Å². The lowest BCUT2D eigenvalue weighted by atomic mass is 10.2. The van der Waals surface area contributed by atoms with E-state index >= 15 is 0 Å². The Kier molecular flexibility index (Phi) is 3.72. The molecule has 0 aliphatic heterocycles. The molecule has 0 amide bonds. The summed E-state index contributed by atoms with van der Waals surface area (Å²) in [5, 5.41) is -0.590. The highest BCUT2D eigenvalue weighted by Crippen LogP contribution is 2.19. The minimum atomic E-state index is -2.14. The lowest BCUT2D eigenvalue weighted by molar-refractivity contribution is 0.527. The minimum Gasteiger partial charge on any atom is -0.772 e. The van der Waals surface area contributed by atoms with Crippen LogP contribution in [0.3, 0.4) is 0 Å². The van der Waals surface area contributed by atoms with E-state index in [-0.39, 0.29) is 5.88 Å². The van der Waals surface area contributed by atoms with Crippen molar-refractivity contribution < 1.29 is 8.76 Å². The fourth-order valence-corrected chi connectivity index (χ4v) is 1.89. The van der Waals surface area contributed by atoms with Gasteiger partial charge in [0.05, 0.1) is 5.25 Å². The van der Waals surface area contributed by atoms with Gasteiger partial charge in [-0.2, -0.15) is 0 Å². The van der Waals surface area contributed by atoms with E-state index in [1.165, 1.54) is 0 Å². The Balaban J connectivity index is 2.88. The van der Waals surface area contributed by atoms with Crippen LogP contribution < -0.4 is 0 Å². The quantitative estimate of drug-likeness (QED) is 0.556. The average Bonchev–Trinajstić information content (AvgIpc) is 2.07. The molecule has 0 aliphatic carbocycles. The zero-order valence-electron chi connectivity index (χ0n) is 6.27. The molecule has 2 nitrogen and oxygen atoms in total. The summed E-state index contributed by atoms with van der Waals surface area (Å²) in [6.07, 6.45) is 0. The van der Waals surface area contributed by atoms with E-state index < -0.39 is 16.3 Å². The average molecular weight is 204 g/mol. The third-order valence-electron chi connectivity index (χ3n) is 1.54. The highest BCUT2D eigenvalue weighted by atomic mass is 35.5. The van der Waals surface area contributed by atoms with Gasteiger partial charge in [-0.15, -0.1) is 11.6 Å². The molecule has 0 saturated carbocycles. The molecule has 4 heteroatoms. The fourth-order valence-electron chi connectivity index (χ4n) is 0.919. The van der Waals surface area contributed by atoms with E-state index in [0.29, 0.717) is 0 Å². The Hall–Kier alpha value is -0.380. The molecule has 0 bridgehead atoms. The first-order valence-corrected chi connectivity index (χ1v) is 5.12. The zero-order valence-corrected chi connectivity index (χ0v) is 7.85. The van der Waals surface area contributed by atoms with Crippen LogP contribution in [0.15, 0.2) is 30.3 Å². The van der Waals surface area contributed by atoms with Crippen LogP contribution in [0.2, 0.25) is 0 Å². The van der Waals surface area contributed by atoms with Gasteiger partial charge < -0.3 is 4.55 Å². The van der Waals surface area contributed by atoms with Crippen molar-refractivity contribution in [1.82, 2.24) is 0 Å². The molecule has 66 valence electrons. The number of hydrogen-bond acceptors (Lipinski definition) is 2. The van der Waals surface area contributed by atoms with Crippen LogP contribution in [-0.4, -0.2) is 14.6 Å². The highest BCUT2D eigenvalue weighted by molar-refractivity contribution is 7.79. The van der Waals surface area contributed by atoms with Gasteiger partial charge in [-0.25, -0.2) is 0 Å². The van der Waals surface area contributed by atoms with Gasteiger partial charge >= 0.3 is 0 Å². The molecule has 1 aromatic carbocycles. The summed E-state index contributed by atoms with van der Waals surface area (Å²) in [7, 11) is 0. The molecule has 2 unspecified atom stereocenters. The van der Waals surface area contributed by atoms with E-state index in [1.54, 1.807) is 24.3 Å². The summed E-state index contributed by atoms with van der Waals surface area (Å²) >= 11 is 3.37. The molecule has 0 N–H and O–H groups in total. The third-order valence-corrected chi connectivity index (χ3v) is 2.94. The Bertz CT molecular complexity index is 263. The van der Waals surface area contributed by atoms with Crippen molar-refractivity contribution in [2.45, 2.75) is 5.25 Å². The van der Waals surface area contributed by atoms with Gasteiger partial charge in [-0.3, -0.25) is 4.21 Å². The number of rotatable bonds is 3. The fraction of sp³-hybridized carbons (Fsp3) is 0.250. The van der Waals surface area contributed by atoms with Gasteiger partial charge in [0.1, 0.15) is 0 Å². The molecule has 1 rings (SSSR count). The zero-order chi connectivity index (χ0) is 8.97. The molecule has 0 radical (unpaired) electrons. The van der Waals surface area contributed by atoms with Gasteiger partial charge in [0.15, 0.2) is 0 Å². The predicted octanol–water partition coefficient (Wildman–Crippen LogP) is 1.85. The Morgan fingerprint density at radius 2 is 2.00 bits per heavy atom. The van der Waals surface area contributed by atoms with Gasteiger partial charge in [-0.05, 0) is 16.6 Å². The highest BCUT2D eigenvalue weighted by Gasteiger charge is 2.09. The lowest BCUT2D eigenvalue weighted by Crippen LogP contribution is -2.06. The maximum absolute atomic E-state index is 10.6. The number of halogens is 1. The normalized spacial score (nSPS) is 15.5. The first kappa shape index (κ1) is 9.71. The summed E-state index contributed by atoms with van der Waals surface area (Å²) in [6, 6.07) is 8.93. The summed E-state index contributed by atoms with van der Waals surface area (Å²) < 4.78 is 21.3. The SMILES string of the molecule is O=S([O-])C(CCl)c1ccccc1. The lowest BCUT2D eigenvalue weighted by Gasteiger charge is -2.16. The Labute approximate surface area is 78.8 Å². The summed E-state index contributed by atoms with van der Waals surface area (Å²) in [5.74, 6) is 0.0973. The van der Waals surface area contributed by atoms with Crippen LogP contribution in [0.4, 0.5) is 0 Å². The van der Waals surface area contributed by atoms with Crippen molar-refractivity contribution in [3.05, 3.63) is 35.9 Å².